The molecule has 160 valence electrons. The van der Waals surface area contributed by atoms with Gasteiger partial charge in [-0.2, -0.15) is 10.6 Å². The van der Waals surface area contributed by atoms with E-state index >= 15 is 0 Å². The van der Waals surface area contributed by atoms with E-state index in [1.54, 1.807) is 6.92 Å². The second-order valence-electron chi connectivity index (χ2n) is 7.07. The molecular weight excluding hydrogens is 406 g/mol. The van der Waals surface area contributed by atoms with Crippen molar-refractivity contribution in [1.82, 2.24) is 10.9 Å². The first-order valence-electron chi connectivity index (χ1n) is 9.52. The molecule has 0 radical (unpaired) electrons. The summed E-state index contributed by atoms with van der Waals surface area (Å²) in [6, 6.07) is 15.3. The number of benzene rings is 2. The highest BCUT2D eigenvalue weighted by Gasteiger charge is 2.23. The van der Waals surface area contributed by atoms with Crippen LogP contribution in [0.4, 0.5) is 0 Å². The maximum atomic E-state index is 12.1. The number of carbonyl (C=O) groups excluding carboxylic acids is 1. The fraction of sp³-hybridized carbons (Fsp3) is 0.286. The van der Waals surface area contributed by atoms with Crippen molar-refractivity contribution in [2.45, 2.75) is 32.2 Å². The van der Waals surface area contributed by atoms with Gasteiger partial charge in [0.1, 0.15) is 0 Å². The second-order valence-corrected chi connectivity index (χ2v) is 7.51. The van der Waals surface area contributed by atoms with Gasteiger partial charge in [0.05, 0.1) is 5.92 Å². The first-order valence-corrected chi connectivity index (χ1v) is 9.90. The molecule has 0 aromatic heterocycles. The van der Waals surface area contributed by atoms with Gasteiger partial charge in [-0.25, -0.2) is 5.84 Å². The number of carbonyl (C=O) groups is 2. The monoisotopic (exact) mass is 432 g/mol. The number of nitrogens with two attached hydrogens (primary N) is 2. The minimum absolute atomic E-state index is 0.198. The van der Waals surface area contributed by atoms with Crippen molar-refractivity contribution in [3.8, 4) is 11.1 Å². The van der Waals surface area contributed by atoms with Crippen molar-refractivity contribution < 1.29 is 19.8 Å². The lowest BCUT2D eigenvalue weighted by atomic mass is 9.95. The van der Waals surface area contributed by atoms with E-state index in [-0.39, 0.29) is 18.3 Å². The number of aliphatic carboxylic acids is 1. The van der Waals surface area contributed by atoms with E-state index in [0.717, 1.165) is 16.7 Å². The molecule has 8 N–H and O–H groups in total. The molecule has 2 aromatic carbocycles. The number of amides is 1. The number of aryl methyl sites for hydroxylation is 1. The van der Waals surface area contributed by atoms with Gasteiger partial charge >= 0.3 is 17.7 Å². The predicted octanol–water partition coefficient (Wildman–Crippen LogP) is 0.351. The molecular formula is C21H27ClN5O3+. The molecule has 0 saturated heterocycles. The summed E-state index contributed by atoms with van der Waals surface area (Å²) in [5.41, 5.74) is 10.8. The third kappa shape index (κ3) is 7.06. The summed E-state index contributed by atoms with van der Waals surface area (Å²) in [5, 5.41) is 15.0. The molecule has 1 amide bonds. The summed E-state index contributed by atoms with van der Waals surface area (Å²) in [7, 11) is 0. The van der Waals surface area contributed by atoms with Crippen LogP contribution in [0.15, 0.2) is 48.5 Å². The number of nitrogens with one attached hydrogen (secondary N) is 3. The molecule has 0 aliphatic carbocycles. The highest BCUT2D eigenvalue weighted by Crippen LogP contribution is 2.23. The zero-order chi connectivity index (χ0) is 22.1. The van der Waals surface area contributed by atoms with E-state index in [0.29, 0.717) is 17.9 Å². The number of hydrogen-bond acceptors (Lipinski definition) is 4. The topological polar surface area (TPSA) is 144 Å². The highest BCUT2D eigenvalue weighted by atomic mass is 35.5. The van der Waals surface area contributed by atoms with Crippen molar-refractivity contribution in [2.75, 3.05) is 0 Å². The van der Waals surface area contributed by atoms with Crippen LogP contribution < -0.4 is 27.5 Å². The van der Waals surface area contributed by atoms with E-state index in [2.05, 4.69) is 16.0 Å². The Hall–Kier alpha value is -3.10. The standard InChI is InChI=1S/C21H26ClN5O3/c1-13(21(29)30)11-18(25-20(28)19(23)26-27-24)10-7-14-5-8-15(9-6-14)16-3-2-4-17(22)12-16/h2-6,8-9,12-13,18,27H,7,10-11,24H2,1H3,(H2,23,26)(H,25,28)(H,29,30)/p+1/t13-,18-/m1/s1. The minimum atomic E-state index is -0.918. The van der Waals surface area contributed by atoms with E-state index in [1.807, 2.05) is 48.5 Å². The van der Waals surface area contributed by atoms with Gasteiger partial charge in [-0.15, -0.1) is 0 Å². The largest absolute Gasteiger partial charge is 0.481 e. The molecule has 2 rings (SSSR count). The molecule has 2 aromatic rings. The van der Waals surface area contributed by atoms with Gasteiger partial charge in [-0.1, -0.05) is 54.9 Å². The van der Waals surface area contributed by atoms with Crippen LogP contribution in [0.5, 0.6) is 0 Å². The van der Waals surface area contributed by atoms with E-state index in [9.17, 15) is 14.7 Å². The fourth-order valence-electron chi connectivity index (χ4n) is 3.05. The molecule has 2 atom stereocenters. The Morgan fingerprint density at radius 2 is 1.87 bits per heavy atom. The molecule has 0 bridgehead atoms. The number of hydrogen-bond donors (Lipinski definition) is 6. The molecule has 0 unspecified atom stereocenters. The van der Waals surface area contributed by atoms with Gasteiger partial charge in [0, 0.05) is 11.1 Å². The molecule has 0 fully saturated rings. The van der Waals surface area contributed by atoms with Crippen LogP contribution in [0.1, 0.15) is 25.3 Å². The minimum Gasteiger partial charge on any atom is -0.481 e. The number of carboxylic acids is 1. The van der Waals surface area contributed by atoms with E-state index in [4.69, 9.17) is 23.2 Å². The Kier molecular flexibility index (Phi) is 8.64. The van der Waals surface area contributed by atoms with E-state index < -0.39 is 17.8 Å². The molecule has 0 saturated carbocycles. The Labute approximate surface area is 180 Å². The summed E-state index contributed by atoms with van der Waals surface area (Å²) >= 11 is 6.06. The first kappa shape index (κ1) is 23.2. The lowest BCUT2D eigenvalue weighted by Crippen LogP contribution is -2.89. The number of amidine groups is 1. The molecule has 0 spiro atoms. The quantitative estimate of drug-likeness (QED) is 0.146. The van der Waals surface area contributed by atoms with Crippen molar-refractivity contribution in [3.63, 3.8) is 0 Å². The van der Waals surface area contributed by atoms with Crippen molar-refractivity contribution in [2.24, 2.45) is 17.5 Å². The molecule has 30 heavy (non-hydrogen) atoms. The number of carboxylic acid groups (broad SMARTS) is 1. The summed E-state index contributed by atoms with van der Waals surface area (Å²) in [6.07, 6.45) is 1.50. The van der Waals surface area contributed by atoms with Crippen molar-refractivity contribution >= 4 is 29.3 Å². The zero-order valence-electron chi connectivity index (χ0n) is 16.7. The summed E-state index contributed by atoms with van der Waals surface area (Å²) in [5.74, 6) is 2.81. The number of hydrazine groups is 2. The maximum absolute atomic E-state index is 12.1. The highest BCUT2D eigenvalue weighted by molar-refractivity contribution is 6.34. The van der Waals surface area contributed by atoms with Gasteiger partial charge in [0.2, 0.25) is 0 Å². The van der Waals surface area contributed by atoms with Crippen LogP contribution in [0.2, 0.25) is 5.02 Å². The van der Waals surface area contributed by atoms with Gasteiger partial charge in [-0.3, -0.25) is 15.3 Å². The summed E-state index contributed by atoms with van der Waals surface area (Å²) in [6.45, 7) is 1.61. The van der Waals surface area contributed by atoms with Crippen molar-refractivity contribution in [1.29, 1.82) is 0 Å². The SMILES string of the molecule is C[C@H](C[C@@H](CCc1ccc(-c2cccc(Cl)c2)cc1)NC(=O)/C(N)=[NH+]/NN)C(=O)O. The van der Waals surface area contributed by atoms with Gasteiger partial charge in [0.15, 0.2) is 0 Å². The van der Waals surface area contributed by atoms with E-state index in [1.165, 1.54) is 0 Å². The molecule has 0 heterocycles. The maximum Gasteiger partial charge on any atom is 0.355 e. The molecule has 8 nitrogen and oxygen atoms in total. The fourth-order valence-corrected chi connectivity index (χ4v) is 3.24. The smallest absolute Gasteiger partial charge is 0.355 e. The predicted molar refractivity (Wildman–Crippen MR) is 116 cm³/mol. The van der Waals surface area contributed by atoms with Gasteiger partial charge < -0.3 is 10.4 Å². The van der Waals surface area contributed by atoms with Crippen LogP contribution >= 0.6 is 11.6 Å². The van der Waals surface area contributed by atoms with Gasteiger partial charge in [-0.05, 0) is 48.1 Å². The third-order valence-electron chi connectivity index (χ3n) is 4.74. The average molecular weight is 433 g/mol. The van der Waals surface area contributed by atoms with Crippen molar-refractivity contribution in [3.05, 3.63) is 59.1 Å². The lowest BCUT2D eigenvalue weighted by molar-refractivity contribution is -0.528. The summed E-state index contributed by atoms with van der Waals surface area (Å²) in [4.78, 5) is 23.4. The number of halogens is 1. The number of rotatable bonds is 9. The van der Waals surface area contributed by atoms with Crippen LogP contribution in [0.3, 0.4) is 0 Å². The Bertz CT molecular complexity index is 902. The lowest BCUT2D eigenvalue weighted by Gasteiger charge is -2.20. The third-order valence-corrected chi connectivity index (χ3v) is 4.97. The Balaban J connectivity index is 2.05. The number of hydrazone groups is 1. The normalized spacial score (nSPS) is 13.4. The molecule has 9 heteroatoms. The van der Waals surface area contributed by atoms with Crippen LogP contribution in [-0.2, 0) is 16.0 Å². The average Bonchev–Trinajstić information content (AvgIpc) is 2.72. The Morgan fingerprint density at radius 1 is 1.17 bits per heavy atom. The van der Waals surface area contributed by atoms with Crippen LogP contribution in [0, 0.1) is 5.92 Å². The van der Waals surface area contributed by atoms with Crippen LogP contribution in [-0.4, -0.2) is 28.9 Å². The molecule has 0 aliphatic heterocycles. The second kappa shape index (κ2) is 11.2. The Morgan fingerprint density at radius 3 is 2.47 bits per heavy atom. The summed E-state index contributed by atoms with van der Waals surface area (Å²) < 4.78 is 0. The van der Waals surface area contributed by atoms with Gasteiger partial charge in [0.25, 0.3) is 0 Å². The first-order chi connectivity index (χ1) is 14.3. The molecule has 0 aliphatic rings. The zero-order valence-corrected chi connectivity index (χ0v) is 17.4. The van der Waals surface area contributed by atoms with Crippen LogP contribution in [0.25, 0.3) is 11.1 Å².